The highest BCUT2D eigenvalue weighted by Crippen LogP contribution is 2.45. The molecule has 76 valence electrons. The highest BCUT2D eigenvalue weighted by molar-refractivity contribution is 5.22. The molecule has 0 radical (unpaired) electrons. The van der Waals surface area contributed by atoms with Crippen LogP contribution in [0.25, 0.3) is 0 Å². The van der Waals surface area contributed by atoms with Crippen LogP contribution in [-0.2, 0) is 0 Å². The Labute approximate surface area is 87.1 Å². The summed E-state index contributed by atoms with van der Waals surface area (Å²) in [6, 6.07) is 2.08. The predicted octanol–water partition coefficient (Wildman–Crippen LogP) is 3.69. The molecule has 0 N–H and O–H groups in total. The van der Waals surface area contributed by atoms with Crippen LogP contribution in [0.5, 0.6) is 0 Å². The lowest BCUT2D eigenvalue weighted by atomic mass is 9.63. The Morgan fingerprint density at radius 3 is 2.79 bits per heavy atom. The van der Waals surface area contributed by atoms with Crippen molar-refractivity contribution < 1.29 is 0 Å². The van der Waals surface area contributed by atoms with Gasteiger partial charge in [0.2, 0.25) is 0 Å². The van der Waals surface area contributed by atoms with Crippen molar-refractivity contribution in [2.75, 3.05) is 0 Å². The average molecular weight is 189 g/mol. The molecule has 1 aliphatic carbocycles. The maximum Gasteiger partial charge on any atom is 0.0908 e. The lowest BCUT2D eigenvalue weighted by molar-refractivity contribution is 0.168. The fourth-order valence-electron chi connectivity index (χ4n) is 2.23. The van der Waals surface area contributed by atoms with E-state index in [1.54, 1.807) is 6.08 Å². The molecule has 0 fully saturated rings. The largest absolute Gasteiger partial charge is 0.193 e. The van der Waals surface area contributed by atoms with Crippen LogP contribution in [0.1, 0.15) is 34.1 Å². The van der Waals surface area contributed by atoms with Crippen molar-refractivity contribution in [2.24, 2.45) is 17.3 Å². The monoisotopic (exact) mass is 189 g/mol. The second kappa shape index (κ2) is 4.00. The maximum absolute atomic E-state index is 8.56. The van der Waals surface area contributed by atoms with Crippen molar-refractivity contribution in [2.45, 2.75) is 34.1 Å². The summed E-state index contributed by atoms with van der Waals surface area (Å²) in [6.07, 6.45) is 7.13. The van der Waals surface area contributed by atoms with Gasteiger partial charge in [-0.25, -0.2) is 0 Å². The smallest absolute Gasteiger partial charge is 0.0908 e. The van der Waals surface area contributed by atoms with Crippen LogP contribution >= 0.6 is 0 Å². The van der Waals surface area contributed by atoms with Crippen LogP contribution in [0, 0.1) is 28.6 Å². The highest BCUT2D eigenvalue weighted by Gasteiger charge is 2.36. The molecule has 0 saturated carbocycles. The minimum atomic E-state index is 0.270. The summed E-state index contributed by atoms with van der Waals surface area (Å²) in [7, 11) is 0. The second-order valence-electron chi connectivity index (χ2n) is 4.87. The van der Waals surface area contributed by atoms with E-state index in [9.17, 15) is 0 Å². The summed E-state index contributed by atoms with van der Waals surface area (Å²) in [5.41, 5.74) is 1.67. The molecule has 0 amide bonds. The maximum atomic E-state index is 8.56. The van der Waals surface area contributed by atoms with E-state index in [1.165, 1.54) is 5.57 Å². The Hall–Kier alpha value is -1.03. The van der Waals surface area contributed by atoms with Gasteiger partial charge in [0.25, 0.3) is 0 Å². The Morgan fingerprint density at radius 1 is 1.57 bits per heavy atom. The Balaban J connectivity index is 2.99. The third kappa shape index (κ3) is 1.90. The van der Waals surface area contributed by atoms with Gasteiger partial charge in [0, 0.05) is 12.0 Å². The number of nitrogens with zero attached hydrogens (tertiary/aromatic N) is 1. The molecule has 1 aliphatic rings. The van der Waals surface area contributed by atoms with Crippen LogP contribution in [0.15, 0.2) is 23.8 Å². The summed E-state index contributed by atoms with van der Waals surface area (Å²) in [5, 5.41) is 8.56. The molecular formula is C13H19N. The van der Waals surface area contributed by atoms with E-state index in [0.717, 1.165) is 6.42 Å². The minimum absolute atomic E-state index is 0.270. The molecule has 0 spiro atoms. The minimum Gasteiger partial charge on any atom is -0.193 e. The van der Waals surface area contributed by atoms with Gasteiger partial charge in [0.15, 0.2) is 0 Å². The molecule has 0 bridgehead atoms. The van der Waals surface area contributed by atoms with Gasteiger partial charge in [-0.05, 0) is 24.7 Å². The second-order valence-corrected chi connectivity index (χ2v) is 4.87. The first-order valence-electron chi connectivity index (χ1n) is 5.23. The summed E-state index contributed by atoms with van der Waals surface area (Å²) in [6.45, 7) is 9.04. The molecule has 0 aromatic heterocycles. The van der Waals surface area contributed by atoms with Gasteiger partial charge >= 0.3 is 0 Å². The first-order chi connectivity index (χ1) is 6.50. The van der Waals surface area contributed by atoms with Gasteiger partial charge in [-0.3, -0.25) is 0 Å². The zero-order valence-corrected chi connectivity index (χ0v) is 9.54. The van der Waals surface area contributed by atoms with Gasteiger partial charge in [-0.2, -0.15) is 5.26 Å². The molecule has 1 heteroatoms. The molecule has 0 aromatic rings. The zero-order chi connectivity index (χ0) is 10.8. The number of nitriles is 1. The molecule has 14 heavy (non-hydrogen) atoms. The Morgan fingerprint density at radius 2 is 2.21 bits per heavy atom. The number of rotatable bonds is 1. The first kappa shape index (κ1) is 11.0. The zero-order valence-electron chi connectivity index (χ0n) is 9.54. The summed E-state index contributed by atoms with van der Waals surface area (Å²) >= 11 is 0. The van der Waals surface area contributed by atoms with Crippen LogP contribution < -0.4 is 0 Å². The van der Waals surface area contributed by atoms with Gasteiger partial charge in [0.1, 0.15) is 0 Å². The standard InChI is InChI=1S/C13H19N/c1-10-7-8-11(2)13(3,4)12(10)6-5-9-14/h5-7,11-12H,8H2,1-4H3/b6-5+/t11-,12+/m1/s1. The first-order valence-corrected chi connectivity index (χ1v) is 5.23. The molecule has 1 nitrogen and oxygen atoms in total. The Kier molecular flexibility index (Phi) is 3.16. The van der Waals surface area contributed by atoms with Gasteiger partial charge in [-0.1, -0.05) is 38.5 Å². The lowest BCUT2D eigenvalue weighted by Gasteiger charge is -2.42. The quantitative estimate of drug-likeness (QED) is 0.456. The normalized spacial score (nSPS) is 31.2. The van der Waals surface area contributed by atoms with Crippen molar-refractivity contribution in [1.82, 2.24) is 0 Å². The van der Waals surface area contributed by atoms with Crippen molar-refractivity contribution >= 4 is 0 Å². The SMILES string of the molecule is CC1=CC[C@@H](C)C(C)(C)[C@H]1/C=C/C#N. The van der Waals surface area contributed by atoms with E-state index in [-0.39, 0.29) is 5.41 Å². The van der Waals surface area contributed by atoms with E-state index in [2.05, 4.69) is 39.8 Å². The molecule has 0 heterocycles. The number of hydrogen-bond acceptors (Lipinski definition) is 1. The van der Waals surface area contributed by atoms with Crippen molar-refractivity contribution in [1.29, 1.82) is 5.26 Å². The van der Waals surface area contributed by atoms with Crippen molar-refractivity contribution in [3.8, 4) is 6.07 Å². The molecule has 0 saturated heterocycles. The van der Waals surface area contributed by atoms with Crippen LogP contribution in [0.4, 0.5) is 0 Å². The molecule has 0 aromatic carbocycles. The van der Waals surface area contributed by atoms with Crippen molar-refractivity contribution in [3.63, 3.8) is 0 Å². The molecule has 2 atom stereocenters. The summed E-state index contributed by atoms with van der Waals surface area (Å²) in [4.78, 5) is 0. The fraction of sp³-hybridized carbons (Fsp3) is 0.615. The molecule has 0 unspecified atom stereocenters. The van der Waals surface area contributed by atoms with E-state index >= 15 is 0 Å². The number of allylic oxidation sites excluding steroid dienone is 4. The summed E-state index contributed by atoms with van der Waals surface area (Å²) < 4.78 is 0. The fourth-order valence-corrected chi connectivity index (χ4v) is 2.23. The highest BCUT2D eigenvalue weighted by atomic mass is 14.4. The van der Waals surface area contributed by atoms with Crippen LogP contribution in [0.3, 0.4) is 0 Å². The predicted molar refractivity (Wildman–Crippen MR) is 59.6 cm³/mol. The van der Waals surface area contributed by atoms with Gasteiger partial charge in [-0.15, -0.1) is 0 Å². The summed E-state index contributed by atoms with van der Waals surface area (Å²) in [5.74, 6) is 1.10. The Bertz CT molecular complexity index is 302. The van der Waals surface area contributed by atoms with Crippen LogP contribution in [-0.4, -0.2) is 0 Å². The molecule has 1 rings (SSSR count). The van der Waals surface area contributed by atoms with E-state index in [4.69, 9.17) is 5.26 Å². The van der Waals surface area contributed by atoms with Crippen molar-refractivity contribution in [3.05, 3.63) is 23.8 Å². The van der Waals surface area contributed by atoms with Gasteiger partial charge in [0.05, 0.1) is 6.07 Å². The van der Waals surface area contributed by atoms with E-state index < -0.39 is 0 Å². The topological polar surface area (TPSA) is 23.8 Å². The lowest BCUT2D eigenvalue weighted by Crippen LogP contribution is -2.33. The third-order valence-electron chi connectivity index (χ3n) is 3.72. The van der Waals surface area contributed by atoms with Crippen LogP contribution in [0.2, 0.25) is 0 Å². The average Bonchev–Trinajstić information content (AvgIpc) is 2.12. The number of hydrogen-bond donors (Lipinski definition) is 0. The van der Waals surface area contributed by atoms with E-state index in [0.29, 0.717) is 11.8 Å². The molecular weight excluding hydrogens is 170 g/mol. The van der Waals surface area contributed by atoms with E-state index in [1.807, 2.05) is 6.08 Å². The molecule has 0 aliphatic heterocycles. The third-order valence-corrected chi connectivity index (χ3v) is 3.72. The van der Waals surface area contributed by atoms with Gasteiger partial charge < -0.3 is 0 Å².